The summed E-state index contributed by atoms with van der Waals surface area (Å²) in [4.78, 5) is 11.7. The van der Waals surface area contributed by atoms with E-state index in [1.165, 1.54) is 18.4 Å². The summed E-state index contributed by atoms with van der Waals surface area (Å²) >= 11 is 0. The lowest BCUT2D eigenvalue weighted by atomic mass is 9.84. The van der Waals surface area contributed by atoms with Gasteiger partial charge < -0.3 is 10.4 Å². The quantitative estimate of drug-likeness (QED) is 0.790. The lowest BCUT2D eigenvalue weighted by molar-refractivity contribution is -0.122. The van der Waals surface area contributed by atoms with Crippen molar-refractivity contribution in [3.05, 3.63) is 35.9 Å². The van der Waals surface area contributed by atoms with Gasteiger partial charge in [-0.2, -0.15) is 0 Å². The van der Waals surface area contributed by atoms with Gasteiger partial charge in [0, 0.05) is 18.4 Å². The second kappa shape index (κ2) is 6.20. The van der Waals surface area contributed by atoms with Crippen molar-refractivity contribution in [3.8, 4) is 0 Å². The Hall–Kier alpha value is -1.35. The number of amides is 1. The normalized spacial score (nSPS) is 17.8. The van der Waals surface area contributed by atoms with Gasteiger partial charge >= 0.3 is 0 Å². The molecule has 3 nitrogen and oxygen atoms in total. The molecular weight excluding hydrogens is 238 g/mol. The summed E-state index contributed by atoms with van der Waals surface area (Å²) in [5.41, 5.74) is 0.899. The maximum Gasteiger partial charge on any atom is 0.220 e. The summed E-state index contributed by atoms with van der Waals surface area (Å²) in [6.45, 7) is 2.62. The van der Waals surface area contributed by atoms with Gasteiger partial charge in [0.1, 0.15) is 0 Å². The first-order chi connectivity index (χ1) is 9.11. The summed E-state index contributed by atoms with van der Waals surface area (Å²) in [6, 6.07) is 10.1. The molecule has 1 amide bonds. The summed E-state index contributed by atoms with van der Waals surface area (Å²) in [5, 5.41) is 12.6. The number of carbonyl (C=O) groups is 1. The maximum atomic E-state index is 11.7. The van der Waals surface area contributed by atoms with E-state index in [0.717, 1.165) is 6.42 Å². The molecule has 2 rings (SSSR count). The molecule has 0 aliphatic heterocycles. The molecule has 1 aromatic carbocycles. The van der Waals surface area contributed by atoms with Crippen LogP contribution in [-0.4, -0.2) is 24.2 Å². The highest BCUT2D eigenvalue weighted by Gasteiger charge is 2.27. The minimum atomic E-state index is -0.291. The van der Waals surface area contributed by atoms with Crippen molar-refractivity contribution in [3.63, 3.8) is 0 Å². The largest absolute Gasteiger partial charge is 0.396 e. The molecule has 0 bridgehead atoms. The van der Waals surface area contributed by atoms with Crippen LogP contribution in [0.5, 0.6) is 0 Å². The SMILES string of the molecule is CC(CO)(CNC(=O)CC1CC1)Cc1ccccc1. The van der Waals surface area contributed by atoms with Crippen LogP contribution in [0.2, 0.25) is 0 Å². The van der Waals surface area contributed by atoms with Crippen molar-refractivity contribution in [2.75, 3.05) is 13.2 Å². The van der Waals surface area contributed by atoms with Crippen LogP contribution in [0.3, 0.4) is 0 Å². The van der Waals surface area contributed by atoms with Gasteiger partial charge in [-0.3, -0.25) is 4.79 Å². The Kier molecular flexibility index (Phi) is 4.59. The van der Waals surface area contributed by atoms with Crippen LogP contribution in [0.25, 0.3) is 0 Å². The van der Waals surface area contributed by atoms with E-state index in [0.29, 0.717) is 18.9 Å². The van der Waals surface area contributed by atoms with Gasteiger partial charge in [0.25, 0.3) is 0 Å². The Labute approximate surface area is 115 Å². The molecule has 0 spiro atoms. The second-order valence-corrected chi connectivity index (χ2v) is 6.06. The predicted molar refractivity (Wildman–Crippen MR) is 75.7 cm³/mol. The van der Waals surface area contributed by atoms with E-state index >= 15 is 0 Å². The van der Waals surface area contributed by atoms with Crippen molar-refractivity contribution in [1.82, 2.24) is 5.32 Å². The Balaban J connectivity index is 1.84. The van der Waals surface area contributed by atoms with Gasteiger partial charge in [0.2, 0.25) is 5.91 Å². The van der Waals surface area contributed by atoms with E-state index in [1.807, 2.05) is 25.1 Å². The zero-order valence-corrected chi connectivity index (χ0v) is 11.6. The van der Waals surface area contributed by atoms with Crippen molar-refractivity contribution < 1.29 is 9.90 Å². The summed E-state index contributed by atoms with van der Waals surface area (Å²) < 4.78 is 0. The number of carbonyl (C=O) groups excluding carboxylic acids is 1. The first-order valence-corrected chi connectivity index (χ1v) is 7.03. The molecule has 1 aromatic rings. The average molecular weight is 261 g/mol. The summed E-state index contributed by atoms with van der Waals surface area (Å²) in [7, 11) is 0. The fourth-order valence-corrected chi connectivity index (χ4v) is 2.23. The van der Waals surface area contributed by atoms with Crippen LogP contribution < -0.4 is 5.32 Å². The number of aliphatic hydroxyl groups is 1. The molecule has 1 atom stereocenters. The minimum absolute atomic E-state index is 0.0750. The molecule has 1 saturated carbocycles. The van der Waals surface area contributed by atoms with Crippen molar-refractivity contribution in [1.29, 1.82) is 0 Å². The summed E-state index contributed by atoms with van der Waals surface area (Å²) in [6.07, 6.45) is 3.80. The van der Waals surface area contributed by atoms with Crippen LogP contribution in [0.1, 0.15) is 31.7 Å². The standard InChI is InChI=1S/C16H23NO2/c1-16(12-18,10-14-5-3-2-4-6-14)11-17-15(19)9-13-7-8-13/h2-6,13,18H,7-12H2,1H3,(H,17,19). The molecular formula is C16H23NO2. The topological polar surface area (TPSA) is 49.3 Å². The molecule has 0 radical (unpaired) electrons. The number of aliphatic hydroxyl groups excluding tert-OH is 1. The maximum absolute atomic E-state index is 11.7. The molecule has 1 aliphatic carbocycles. The lowest BCUT2D eigenvalue weighted by Gasteiger charge is -2.27. The highest BCUT2D eigenvalue weighted by Crippen LogP contribution is 2.32. The third kappa shape index (κ3) is 4.67. The van der Waals surface area contributed by atoms with Crippen molar-refractivity contribution in [2.45, 2.75) is 32.6 Å². The van der Waals surface area contributed by atoms with Crippen LogP contribution in [0, 0.1) is 11.3 Å². The van der Waals surface area contributed by atoms with Gasteiger partial charge in [0.05, 0.1) is 6.61 Å². The van der Waals surface area contributed by atoms with Gasteiger partial charge in [-0.1, -0.05) is 37.3 Å². The fourth-order valence-electron chi connectivity index (χ4n) is 2.23. The third-order valence-electron chi connectivity index (χ3n) is 3.74. The Morgan fingerprint density at radius 2 is 2.05 bits per heavy atom. The highest BCUT2D eigenvalue weighted by molar-refractivity contribution is 5.76. The smallest absolute Gasteiger partial charge is 0.220 e. The van der Waals surface area contributed by atoms with E-state index < -0.39 is 0 Å². The number of hydrogen-bond donors (Lipinski definition) is 2. The van der Waals surface area contributed by atoms with Crippen LogP contribution in [0.4, 0.5) is 0 Å². The van der Waals surface area contributed by atoms with E-state index in [9.17, 15) is 9.90 Å². The van der Waals surface area contributed by atoms with E-state index in [1.54, 1.807) is 0 Å². The van der Waals surface area contributed by atoms with E-state index in [2.05, 4.69) is 17.4 Å². The van der Waals surface area contributed by atoms with Crippen LogP contribution in [0.15, 0.2) is 30.3 Å². The number of benzene rings is 1. The third-order valence-corrected chi connectivity index (χ3v) is 3.74. The lowest BCUT2D eigenvalue weighted by Crippen LogP contribution is -2.39. The second-order valence-electron chi connectivity index (χ2n) is 6.06. The van der Waals surface area contributed by atoms with E-state index in [-0.39, 0.29) is 17.9 Å². The molecule has 104 valence electrons. The summed E-state index contributed by atoms with van der Waals surface area (Å²) in [5.74, 6) is 0.727. The number of hydrogen-bond acceptors (Lipinski definition) is 2. The van der Waals surface area contributed by atoms with Gasteiger partial charge in [0.15, 0.2) is 0 Å². The first kappa shape index (κ1) is 14.1. The highest BCUT2D eigenvalue weighted by atomic mass is 16.3. The zero-order valence-electron chi connectivity index (χ0n) is 11.6. The Morgan fingerprint density at radius 1 is 1.37 bits per heavy atom. The number of nitrogens with one attached hydrogen (secondary N) is 1. The average Bonchev–Trinajstić information content (AvgIpc) is 3.22. The Morgan fingerprint density at radius 3 is 2.63 bits per heavy atom. The molecule has 0 aromatic heterocycles. The van der Waals surface area contributed by atoms with Crippen molar-refractivity contribution in [2.24, 2.45) is 11.3 Å². The van der Waals surface area contributed by atoms with Crippen molar-refractivity contribution >= 4 is 5.91 Å². The van der Waals surface area contributed by atoms with Gasteiger partial charge in [-0.25, -0.2) is 0 Å². The fraction of sp³-hybridized carbons (Fsp3) is 0.562. The molecule has 1 aliphatic rings. The van der Waals surface area contributed by atoms with Crippen LogP contribution in [-0.2, 0) is 11.2 Å². The molecule has 1 fully saturated rings. The molecule has 1 unspecified atom stereocenters. The molecule has 0 heterocycles. The van der Waals surface area contributed by atoms with E-state index in [4.69, 9.17) is 0 Å². The number of rotatable bonds is 7. The predicted octanol–water partition coefficient (Wildman–Crippen LogP) is 2.14. The Bertz CT molecular complexity index is 414. The van der Waals surface area contributed by atoms with Crippen LogP contribution >= 0.6 is 0 Å². The molecule has 3 heteroatoms. The first-order valence-electron chi connectivity index (χ1n) is 7.03. The molecule has 19 heavy (non-hydrogen) atoms. The minimum Gasteiger partial charge on any atom is -0.396 e. The molecule has 0 saturated heterocycles. The van der Waals surface area contributed by atoms with Gasteiger partial charge in [-0.05, 0) is 30.7 Å². The van der Waals surface area contributed by atoms with Gasteiger partial charge in [-0.15, -0.1) is 0 Å². The zero-order chi connectivity index (χ0) is 13.7. The monoisotopic (exact) mass is 261 g/mol. The molecule has 2 N–H and O–H groups in total.